The van der Waals surface area contributed by atoms with Crippen molar-refractivity contribution in [3.05, 3.63) is 83.7 Å². The smallest absolute Gasteiger partial charge is 0.240 e. The highest BCUT2D eigenvalue weighted by Crippen LogP contribution is 2.30. The molecule has 5 aromatic rings. The van der Waals surface area contributed by atoms with Crippen LogP contribution in [0, 0.1) is 0 Å². The molecule has 184 valence electrons. The fourth-order valence-corrected chi connectivity index (χ4v) is 4.80. The van der Waals surface area contributed by atoms with Gasteiger partial charge in [0.25, 0.3) is 0 Å². The molecule has 1 aliphatic heterocycles. The lowest BCUT2D eigenvalue weighted by Gasteiger charge is -2.13. The summed E-state index contributed by atoms with van der Waals surface area (Å²) in [5.41, 5.74) is 10.8. The molecule has 2 N–H and O–H groups in total. The Morgan fingerprint density at radius 3 is 2.49 bits per heavy atom. The van der Waals surface area contributed by atoms with Gasteiger partial charge in [0, 0.05) is 31.4 Å². The number of tetrazole rings is 1. The van der Waals surface area contributed by atoms with Crippen molar-refractivity contribution >= 4 is 22.7 Å². The Morgan fingerprint density at radius 1 is 0.946 bits per heavy atom. The first-order valence-electron chi connectivity index (χ1n) is 12.5. The molecule has 37 heavy (non-hydrogen) atoms. The molecular formula is C28H26N8O. The number of nitrogens with zero attached hydrogens (tertiary/aromatic N) is 6. The van der Waals surface area contributed by atoms with E-state index in [1.807, 2.05) is 24.3 Å². The van der Waals surface area contributed by atoms with Crippen molar-refractivity contribution in [1.82, 2.24) is 35.6 Å². The Hall–Kier alpha value is -4.66. The van der Waals surface area contributed by atoms with Gasteiger partial charge in [-0.1, -0.05) is 61.5 Å². The van der Waals surface area contributed by atoms with Crippen molar-refractivity contribution in [2.24, 2.45) is 5.10 Å². The Balaban J connectivity index is 1.33. The first-order valence-corrected chi connectivity index (χ1v) is 12.5. The van der Waals surface area contributed by atoms with Crippen LogP contribution in [0.5, 0.6) is 0 Å². The molecule has 0 bridgehead atoms. The Morgan fingerprint density at radius 2 is 1.76 bits per heavy atom. The SMILES string of the molecule is CCCc1nc2ccc(C3=NNC(=O)CC3)cc2n1Cc1ccc(-c2ccccc2-c2nn[nH]n2)cc1. The first kappa shape index (κ1) is 22.8. The number of benzene rings is 3. The molecule has 0 saturated carbocycles. The van der Waals surface area contributed by atoms with Crippen LogP contribution in [0.3, 0.4) is 0 Å². The third-order valence-corrected chi connectivity index (χ3v) is 6.66. The van der Waals surface area contributed by atoms with Gasteiger partial charge >= 0.3 is 0 Å². The molecule has 0 aliphatic carbocycles. The third kappa shape index (κ3) is 4.51. The van der Waals surface area contributed by atoms with Crippen molar-refractivity contribution in [2.45, 2.75) is 39.2 Å². The lowest BCUT2D eigenvalue weighted by atomic mass is 9.98. The van der Waals surface area contributed by atoms with E-state index in [4.69, 9.17) is 4.98 Å². The highest BCUT2D eigenvalue weighted by molar-refractivity contribution is 6.05. The Labute approximate surface area is 213 Å². The van der Waals surface area contributed by atoms with E-state index in [1.54, 1.807) is 0 Å². The van der Waals surface area contributed by atoms with Gasteiger partial charge < -0.3 is 4.57 Å². The summed E-state index contributed by atoms with van der Waals surface area (Å²) in [6, 6.07) is 22.9. The van der Waals surface area contributed by atoms with Crippen LogP contribution in [-0.4, -0.2) is 41.8 Å². The normalized spacial score (nSPS) is 13.5. The average Bonchev–Trinajstić information content (AvgIpc) is 3.59. The average molecular weight is 491 g/mol. The number of carbonyl (C=O) groups excluding carboxylic acids is 1. The van der Waals surface area contributed by atoms with Crippen molar-refractivity contribution < 1.29 is 4.79 Å². The summed E-state index contributed by atoms with van der Waals surface area (Å²) >= 11 is 0. The van der Waals surface area contributed by atoms with E-state index < -0.39 is 0 Å². The number of nitrogens with one attached hydrogen (secondary N) is 2. The molecule has 3 heterocycles. The lowest BCUT2D eigenvalue weighted by Crippen LogP contribution is -2.25. The predicted molar refractivity (Wildman–Crippen MR) is 142 cm³/mol. The zero-order valence-corrected chi connectivity index (χ0v) is 20.5. The number of hydrogen-bond acceptors (Lipinski definition) is 6. The fraction of sp³-hybridized carbons (Fsp3) is 0.214. The number of H-pyrrole nitrogens is 1. The summed E-state index contributed by atoms with van der Waals surface area (Å²) in [7, 11) is 0. The van der Waals surface area contributed by atoms with Gasteiger partial charge in [-0.25, -0.2) is 10.4 Å². The summed E-state index contributed by atoms with van der Waals surface area (Å²) in [4.78, 5) is 16.5. The Bertz CT molecular complexity index is 1600. The number of imidazole rings is 1. The van der Waals surface area contributed by atoms with E-state index in [-0.39, 0.29) is 5.91 Å². The molecule has 9 nitrogen and oxygen atoms in total. The number of aryl methyl sites for hydroxylation is 1. The lowest BCUT2D eigenvalue weighted by molar-refractivity contribution is -0.121. The molecule has 0 unspecified atom stereocenters. The third-order valence-electron chi connectivity index (χ3n) is 6.66. The van der Waals surface area contributed by atoms with Crippen LogP contribution < -0.4 is 5.43 Å². The molecule has 0 fully saturated rings. The zero-order valence-electron chi connectivity index (χ0n) is 20.5. The second-order valence-corrected chi connectivity index (χ2v) is 9.14. The van der Waals surface area contributed by atoms with E-state index in [0.717, 1.165) is 57.7 Å². The molecule has 3 aromatic carbocycles. The maximum absolute atomic E-state index is 11.5. The highest BCUT2D eigenvalue weighted by atomic mass is 16.2. The van der Waals surface area contributed by atoms with Gasteiger partial charge in [-0.05, 0) is 46.0 Å². The van der Waals surface area contributed by atoms with Crippen LogP contribution in [0.4, 0.5) is 0 Å². The van der Waals surface area contributed by atoms with E-state index >= 15 is 0 Å². The maximum atomic E-state index is 11.5. The van der Waals surface area contributed by atoms with Crippen LogP contribution in [0.15, 0.2) is 71.8 Å². The number of aromatic nitrogens is 6. The summed E-state index contributed by atoms with van der Waals surface area (Å²) in [6.45, 7) is 2.88. The number of amides is 1. The molecule has 0 saturated heterocycles. The van der Waals surface area contributed by atoms with Gasteiger partial charge in [0.1, 0.15) is 5.82 Å². The first-order chi connectivity index (χ1) is 18.2. The van der Waals surface area contributed by atoms with Gasteiger partial charge in [-0.2, -0.15) is 10.3 Å². The summed E-state index contributed by atoms with van der Waals surface area (Å²) in [6.07, 6.45) is 3.01. The monoisotopic (exact) mass is 490 g/mol. The predicted octanol–water partition coefficient (Wildman–Crippen LogP) is 4.50. The van der Waals surface area contributed by atoms with Crippen molar-refractivity contribution in [3.8, 4) is 22.5 Å². The van der Waals surface area contributed by atoms with E-state index in [9.17, 15) is 4.79 Å². The number of rotatable bonds is 7. The summed E-state index contributed by atoms with van der Waals surface area (Å²) in [5.74, 6) is 1.61. The topological polar surface area (TPSA) is 114 Å². The maximum Gasteiger partial charge on any atom is 0.240 e. The minimum absolute atomic E-state index is 0.0385. The molecule has 1 amide bonds. The quantitative estimate of drug-likeness (QED) is 0.349. The fourth-order valence-electron chi connectivity index (χ4n) is 4.80. The van der Waals surface area contributed by atoms with Crippen molar-refractivity contribution in [1.29, 1.82) is 0 Å². The second-order valence-electron chi connectivity index (χ2n) is 9.14. The van der Waals surface area contributed by atoms with Crippen molar-refractivity contribution in [2.75, 3.05) is 0 Å². The van der Waals surface area contributed by atoms with E-state index in [1.165, 1.54) is 5.56 Å². The second kappa shape index (κ2) is 9.77. The summed E-state index contributed by atoms with van der Waals surface area (Å²) < 4.78 is 2.30. The van der Waals surface area contributed by atoms with E-state index in [2.05, 4.69) is 85.1 Å². The van der Waals surface area contributed by atoms with Crippen molar-refractivity contribution in [3.63, 3.8) is 0 Å². The van der Waals surface area contributed by atoms with Gasteiger partial charge in [0.05, 0.1) is 16.7 Å². The minimum Gasteiger partial charge on any atom is -0.323 e. The van der Waals surface area contributed by atoms with Crippen LogP contribution in [0.2, 0.25) is 0 Å². The number of hydrogen-bond donors (Lipinski definition) is 2. The van der Waals surface area contributed by atoms with Crippen LogP contribution in [0.1, 0.15) is 43.1 Å². The Kier molecular flexibility index (Phi) is 6.02. The number of hydrazone groups is 1. The molecule has 0 spiro atoms. The van der Waals surface area contributed by atoms with E-state index in [0.29, 0.717) is 25.2 Å². The molecular weight excluding hydrogens is 464 g/mol. The van der Waals surface area contributed by atoms with Gasteiger partial charge in [-0.3, -0.25) is 4.79 Å². The molecule has 6 rings (SSSR count). The van der Waals surface area contributed by atoms with Gasteiger partial charge in [0.2, 0.25) is 11.7 Å². The number of carbonyl (C=O) groups is 1. The number of fused-ring (bicyclic) bond motifs is 1. The zero-order chi connectivity index (χ0) is 25.2. The van der Waals surface area contributed by atoms with Gasteiger partial charge in [0.15, 0.2) is 0 Å². The molecule has 1 aliphatic rings. The highest BCUT2D eigenvalue weighted by Gasteiger charge is 2.17. The molecule has 9 heteroatoms. The van der Waals surface area contributed by atoms with Gasteiger partial charge in [-0.15, -0.1) is 10.2 Å². The molecule has 0 atom stereocenters. The molecule has 2 aromatic heterocycles. The molecule has 0 radical (unpaired) electrons. The number of aromatic amines is 1. The largest absolute Gasteiger partial charge is 0.323 e. The minimum atomic E-state index is -0.0385. The standard InChI is InChI=1S/C28H26N8O/c1-2-5-26-29-24-13-12-20(23-14-15-27(37)31-30-23)16-25(24)36(26)17-18-8-10-19(11-9-18)21-6-3-4-7-22(21)28-32-34-35-33-28/h3-4,6-13,16H,2,5,14-15,17H2,1H3,(H,31,37)(H,32,33,34,35). The van der Waals surface area contributed by atoms with Crippen LogP contribution in [-0.2, 0) is 17.8 Å². The van der Waals surface area contributed by atoms with Crippen LogP contribution >= 0.6 is 0 Å². The summed E-state index contributed by atoms with van der Waals surface area (Å²) in [5, 5.41) is 18.8. The van der Waals surface area contributed by atoms with Crippen LogP contribution in [0.25, 0.3) is 33.5 Å².